The van der Waals surface area contributed by atoms with Gasteiger partial charge in [-0.25, -0.2) is 9.97 Å². The normalized spacial score (nSPS) is 15.3. The molecule has 0 spiro atoms. The smallest absolute Gasteiger partial charge is 0.272 e. The van der Waals surface area contributed by atoms with Crippen LogP contribution in [0.1, 0.15) is 41.6 Å². The van der Waals surface area contributed by atoms with Crippen molar-refractivity contribution in [1.82, 2.24) is 19.9 Å². The van der Waals surface area contributed by atoms with E-state index in [1.165, 1.54) is 0 Å². The highest BCUT2D eigenvalue weighted by Gasteiger charge is 2.23. The number of nitrogens with zero attached hydrogens (tertiary/aromatic N) is 4. The van der Waals surface area contributed by atoms with E-state index < -0.39 is 0 Å². The number of nitrogens with one attached hydrogen (secondary N) is 1. The maximum atomic E-state index is 12.7. The lowest BCUT2D eigenvalue weighted by Gasteiger charge is -2.30. The van der Waals surface area contributed by atoms with Crippen LogP contribution in [0.5, 0.6) is 0 Å². The van der Waals surface area contributed by atoms with Crippen molar-refractivity contribution < 1.29 is 4.79 Å². The van der Waals surface area contributed by atoms with Gasteiger partial charge < -0.3 is 10.2 Å². The standard InChI is InChI=1S/C18H23N5O/c1-13-5-9-23(10-6-13)18(24)16-11-17(22-14(2)21-16)20-12-15-3-7-19-8-4-15/h3-4,7-8,11,13H,5-6,9-10,12H2,1-2H3,(H,20,21,22). The molecule has 3 rings (SSSR count). The Bertz CT molecular complexity index is 696. The summed E-state index contributed by atoms with van der Waals surface area (Å²) >= 11 is 0. The fourth-order valence-electron chi connectivity index (χ4n) is 2.83. The van der Waals surface area contributed by atoms with Gasteiger partial charge in [-0.05, 0) is 43.4 Å². The van der Waals surface area contributed by atoms with Gasteiger partial charge in [-0.15, -0.1) is 0 Å². The molecule has 0 unspecified atom stereocenters. The molecule has 0 saturated carbocycles. The molecule has 0 atom stereocenters. The van der Waals surface area contributed by atoms with E-state index in [1.54, 1.807) is 18.5 Å². The van der Waals surface area contributed by atoms with Gasteiger partial charge in [0.2, 0.25) is 0 Å². The maximum absolute atomic E-state index is 12.7. The van der Waals surface area contributed by atoms with Crippen LogP contribution in [-0.4, -0.2) is 38.8 Å². The molecular weight excluding hydrogens is 302 g/mol. The molecular formula is C18H23N5O. The molecule has 1 fully saturated rings. The zero-order valence-electron chi connectivity index (χ0n) is 14.2. The summed E-state index contributed by atoms with van der Waals surface area (Å²) in [7, 11) is 0. The van der Waals surface area contributed by atoms with Crippen LogP contribution >= 0.6 is 0 Å². The second-order valence-electron chi connectivity index (χ2n) is 6.37. The first-order valence-corrected chi connectivity index (χ1v) is 8.39. The highest BCUT2D eigenvalue weighted by Crippen LogP contribution is 2.18. The SMILES string of the molecule is Cc1nc(NCc2ccncc2)cc(C(=O)N2CCC(C)CC2)n1. The Kier molecular flexibility index (Phi) is 5.03. The number of hydrogen-bond donors (Lipinski definition) is 1. The monoisotopic (exact) mass is 325 g/mol. The van der Waals surface area contributed by atoms with Crippen LogP contribution in [0.25, 0.3) is 0 Å². The summed E-state index contributed by atoms with van der Waals surface area (Å²) in [4.78, 5) is 27.3. The number of hydrogen-bond acceptors (Lipinski definition) is 5. The third-order valence-electron chi connectivity index (χ3n) is 4.35. The Hall–Kier alpha value is -2.50. The van der Waals surface area contributed by atoms with Crippen LogP contribution in [0.4, 0.5) is 5.82 Å². The molecule has 6 heteroatoms. The van der Waals surface area contributed by atoms with Crippen molar-refractivity contribution in [2.45, 2.75) is 33.2 Å². The Morgan fingerprint density at radius 3 is 2.67 bits per heavy atom. The average molecular weight is 325 g/mol. The summed E-state index contributed by atoms with van der Waals surface area (Å²) in [6.45, 7) is 6.30. The summed E-state index contributed by atoms with van der Waals surface area (Å²) < 4.78 is 0. The minimum atomic E-state index is -0.000592. The second-order valence-corrected chi connectivity index (χ2v) is 6.37. The summed E-state index contributed by atoms with van der Waals surface area (Å²) in [6, 6.07) is 5.64. The van der Waals surface area contributed by atoms with Crippen LogP contribution in [0.15, 0.2) is 30.6 Å². The Morgan fingerprint density at radius 2 is 1.96 bits per heavy atom. The molecule has 0 bridgehead atoms. The quantitative estimate of drug-likeness (QED) is 0.936. The van der Waals surface area contributed by atoms with E-state index in [4.69, 9.17) is 0 Å². The largest absolute Gasteiger partial charge is 0.366 e. The van der Waals surface area contributed by atoms with Crippen LogP contribution in [-0.2, 0) is 6.54 Å². The molecule has 0 radical (unpaired) electrons. The first kappa shape index (κ1) is 16.4. The lowest BCUT2D eigenvalue weighted by molar-refractivity contribution is 0.0691. The van der Waals surface area contributed by atoms with Gasteiger partial charge in [0, 0.05) is 38.1 Å². The van der Waals surface area contributed by atoms with Crippen molar-refractivity contribution in [2.24, 2.45) is 5.92 Å². The van der Waals surface area contributed by atoms with Crippen molar-refractivity contribution in [2.75, 3.05) is 18.4 Å². The summed E-state index contributed by atoms with van der Waals surface area (Å²) in [6.07, 6.45) is 5.63. The van der Waals surface area contributed by atoms with E-state index in [0.717, 1.165) is 31.5 Å². The predicted molar refractivity (Wildman–Crippen MR) is 92.6 cm³/mol. The average Bonchev–Trinajstić information content (AvgIpc) is 2.60. The van der Waals surface area contributed by atoms with Gasteiger partial charge in [-0.3, -0.25) is 9.78 Å². The lowest BCUT2D eigenvalue weighted by atomic mass is 9.99. The molecule has 1 N–H and O–H groups in total. The third kappa shape index (κ3) is 4.07. The maximum Gasteiger partial charge on any atom is 0.272 e. The van der Waals surface area contributed by atoms with Crippen molar-refractivity contribution in [3.8, 4) is 0 Å². The Morgan fingerprint density at radius 1 is 1.25 bits per heavy atom. The van der Waals surface area contributed by atoms with Gasteiger partial charge >= 0.3 is 0 Å². The van der Waals surface area contributed by atoms with E-state index >= 15 is 0 Å². The summed E-state index contributed by atoms with van der Waals surface area (Å²) in [5.74, 6) is 1.97. The lowest BCUT2D eigenvalue weighted by Crippen LogP contribution is -2.38. The zero-order valence-corrected chi connectivity index (χ0v) is 14.2. The number of aryl methyl sites for hydroxylation is 1. The van der Waals surface area contributed by atoms with Gasteiger partial charge in [0.25, 0.3) is 5.91 Å². The molecule has 1 aliphatic rings. The number of carbonyl (C=O) groups excluding carboxylic acids is 1. The summed E-state index contributed by atoms with van der Waals surface area (Å²) in [5, 5.41) is 3.26. The Balaban J connectivity index is 1.70. The third-order valence-corrected chi connectivity index (χ3v) is 4.35. The van der Waals surface area contributed by atoms with Crippen LogP contribution in [0.2, 0.25) is 0 Å². The molecule has 24 heavy (non-hydrogen) atoms. The number of amides is 1. The number of pyridine rings is 1. The number of aromatic nitrogens is 3. The van der Waals surface area contributed by atoms with Crippen molar-refractivity contribution in [3.05, 3.63) is 47.7 Å². The van der Waals surface area contributed by atoms with E-state index in [0.29, 0.717) is 29.8 Å². The van der Waals surface area contributed by atoms with Gasteiger partial charge in [-0.2, -0.15) is 0 Å². The first-order chi connectivity index (χ1) is 11.6. The van der Waals surface area contributed by atoms with Gasteiger partial charge in [0.05, 0.1) is 0 Å². The molecule has 3 heterocycles. The fourth-order valence-corrected chi connectivity index (χ4v) is 2.83. The van der Waals surface area contributed by atoms with E-state index in [9.17, 15) is 4.79 Å². The van der Waals surface area contributed by atoms with Crippen molar-refractivity contribution >= 4 is 11.7 Å². The molecule has 0 aromatic carbocycles. The number of anilines is 1. The zero-order chi connectivity index (χ0) is 16.9. The highest BCUT2D eigenvalue weighted by atomic mass is 16.2. The van der Waals surface area contributed by atoms with Gasteiger partial charge in [-0.1, -0.05) is 6.92 Å². The molecule has 1 amide bonds. The van der Waals surface area contributed by atoms with E-state index in [2.05, 4.69) is 27.2 Å². The van der Waals surface area contributed by atoms with Crippen molar-refractivity contribution in [1.29, 1.82) is 0 Å². The van der Waals surface area contributed by atoms with Crippen LogP contribution < -0.4 is 5.32 Å². The first-order valence-electron chi connectivity index (χ1n) is 8.39. The van der Waals surface area contributed by atoms with E-state index in [1.807, 2.05) is 24.0 Å². The number of rotatable bonds is 4. The second kappa shape index (κ2) is 7.38. The molecule has 2 aromatic rings. The molecule has 6 nitrogen and oxygen atoms in total. The molecule has 0 aliphatic carbocycles. The number of likely N-dealkylation sites (tertiary alicyclic amines) is 1. The molecule has 126 valence electrons. The number of carbonyl (C=O) groups is 1. The highest BCUT2D eigenvalue weighted by molar-refractivity contribution is 5.93. The summed E-state index contributed by atoms with van der Waals surface area (Å²) in [5.41, 5.74) is 1.58. The Labute approximate surface area is 142 Å². The molecule has 1 saturated heterocycles. The minimum absolute atomic E-state index is 0.000592. The van der Waals surface area contributed by atoms with Gasteiger partial charge in [0.1, 0.15) is 17.3 Å². The predicted octanol–water partition coefficient (Wildman–Crippen LogP) is 2.66. The topological polar surface area (TPSA) is 71.0 Å². The van der Waals surface area contributed by atoms with Crippen LogP contribution in [0.3, 0.4) is 0 Å². The minimum Gasteiger partial charge on any atom is -0.366 e. The van der Waals surface area contributed by atoms with E-state index in [-0.39, 0.29) is 5.91 Å². The van der Waals surface area contributed by atoms with Crippen molar-refractivity contribution in [3.63, 3.8) is 0 Å². The van der Waals surface area contributed by atoms with Gasteiger partial charge in [0.15, 0.2) is 0 Å². The fraction of sp³-hybridized carbons (Fsp3) is 0.444. The molecule has 2 aromatic heterocycles. The number of piperidine rings is 1. The molecule has 1 aliphatic heterocycles. The van der Waals surface area contributed by atoms with Crippen LogP contribution in [0, 0.1) is 12.8 Å².